The number of carbonyl (C=O) groups is 2. The molecule has 2 aromatic carbocycles. The summed E-state index contributed by atoms with van der Waals surface area (Å²) >= 11 is 0. The largest absolute Gasteiger partial charge is 0.455 e. The van der Waals surface area contributed by atoms with Gasteiger partial charge in [-0.1, -0.05) is 30.3 Å². The molecule has 132 valence electrons. The molecule has 0 spiro atoms. The molecule has 2 rings (SSSR count). The van der Waals surface area contributed by atoms with E-state index in [0.717, 1.165) is 11.8 Å². The Morgan fingerprint density at radius 1 is 1.04 bits per heavy atom. The van der Waals surface area contributed by atoms with Crippen molar-refractivity contribution < 1.29 is 23.8 Å². The average Bonchev–Trinajstić information content (AvgIpc) is 2.58. The van der Waals surface area contributed by atoms with Crippen LogP contribution in [0, 0.1) is 0 Å². The van der Waals surface area contributed by atoms with Gasteiger partial charge in [-0.05, 0) is 50.6 Å². The van der Waals surface area contributed by atoms with Gasteiger partial charge in [0.1, 0.15) is 17.6 Å². The molecule has 0 bridgehead atoms. The van der Waals surface area contributed by atoms with E-state index in [9.17, 15) is 9.59 Å². The summed E-state index contributed by atoms with van der Waals surface area (Å²) in [5.41, 5.74) is 0.776. The van der Waals surface area contributed by atoms with Crippen molar-refractivity contribution in [3.63, 3.8) is 0 Å². The van der Waals surface area contributed by atoms with Crippen LogP contribution in [0.25, 0.3) is 0 Å². The second-order valence-electron chi connectivity index (χ2n) is 6.47. The van der Waals surface area contributed by atoms with Gasteiger partial charge in [-0.15, -0.1) is 0 Å². The third-order valence-corrected chi connectivity index (χ3v) is 3.10. The zero-order valence-electron chi connectivity index (χ0n) is 14.6. The van der Waals surface area contributed by atoms with Crippen LogP contribution in [0.1, 0.15) is 36.7 Å². The maximum Gasteiger partial charge on any atom is 0.376 e. The van der Waals surface area contributed by atoms with Crippen LogP contribution in [0.5, 0.6) is 5.75 Å². The minimum absolute atomic E-state index is 0.206. The van der Waals surface area contributed by atoms with Crippen molar-refractivity contribution in [3.8, 4) is 5.75 Å². The Balaban J connectivity index is 2.09. The molecular formula is C20H22O5. The Morgan fingerprint density at radius 2 is 1.68 bits per heavy atom. The second kappa shape index (κ2) is 8.44. The van der Waals surface area contributed by atoms with Crippen LogP contribution in [0.2, 0.25) is 0 Å². The van der Waals surface area contributed by atoms with Gasteiger partial charge >= 0.3 is 5.97 Å². The van der Waals surface area contributed by atoms with E-state index in [2.05, 4.69) is 0 Å². The molecule has 2 aromatic rings. The maximum atomic E-state index is 12.4. The zero-order chi connectivity index (χ0) is 18.3. The highest BCUT2D eigenvalue weighted by molar-refractivity contribution is 5.75. The molecular weight excluding hydrogens is 320 g/mol. The lowest BCUT2D eigenvalue weighted by molar-refractivity contribution is -0.190. The van der Waals surface area contributed by atoms with Crippen molar-refractivity contribution in [3.05, 3.63) is 65.7 Å². The van der Waals surface area contributed by atoms with Crippen LogP contribution >= 0.6 is 0 Å². The minimum Gasteiger partial charge on any atom is -0.455 e. The minimum atomic E-state index is -1.21. The van der Waals surface area contributed by atoms with Gasteiger partial charge in [-0.3, -0.25) is 4.79 Å². The lowest BCUT2D eigenvalue weighted by atomic mass is 10.2. The quantitative estimate of drug-likeness (QED) is 0.435. The Labute approximate surface area is 147 Å². The molecule has 0 fully saturated rings. The van der Waals surface area contributed by atoms with Gasteiger partial charge in [0.05, 0.1) is 6.61 Å². The number of benzene rings is 2. The van der Waals surface area contributed by atoms with Crippen molar-refractivity contribution in [1.82, 2.24) is 0 Å². The highest BCUT2D eigenvalue weighted by atomic mass is 16.7. The topological polar surface area (TPSA) is 61.8 Å². The number of aldehydes is 1. The van der Waals surface area contributed by atoms with Gasteiger partial charge in [-0.2, -0.15) is 0 Å². The lowest BCUT2D eigenvalue weighted by Crippen LogP contribution is -2.37. The van der Waals surface area contributed by atoms with E-state index in [4.69, 9.17) is 14.2 Å². The molecule has 25 heavy (non-hydrogen) atoms. The monoisotopic (exact) mass is 342 g/mol. The number of ether oxygens (including phenoxy) is 3. The van der Waals surface area contributed by atoms with Crippen LogP contribution in [-0.4, -0.2) is 24.1 Å². The van der Waals surface area contributed by atoms with Crippen molar-refractivity contribution in [2.24, 2.45) is 0 Å². The normalized spacial score (nSPS) is 12.3. The van der Waals surface area contributed by atoms with Crippen LogP contribution < -0.4 is 4.74 Å². The van der Waals surface area contributed by atoms with Crippen LogP contribution in [-0.2, 0) is 20.9 Å². The lowest BCUT2D eigenvalue weighted by Gasteiger charge is -2.24. The summed E-state index contributed by atoms with van der Waals surface area (Å²) in [5.74, 6) is -0.197. The van der Waals surface area contributed by atoms with Gasteiger partial charge < -0.3 is 14.2 Å². The standard InChI is InChI=1S/C20H22O5/c1-20(2,3)25-18(22)19(23-14-16-7-5-4-6-8-16)24-17-11-9-15(13-21)10-12-17/h4-13,19H,14H2,1-3H3. The third kappa shape index (κ3) is 6.39. The summed E-state index contributed by atoms with van der Waals surface area (Å²) in [5, 5.41) is 0. The predicted octanol–water partition coefficient (Wildman–Crippen LogP) is 3.76. The summed E-state index contributed by atoms with van der Waals surface area (Å²) in [6.07, 6.45) is -0.470. The van der Waals surface area contributed by atoms with E-state index in [1.54, 1.807) is 45.0 Å². The van der Waals surface area contributed by atoms with Crippen molar-refractivity contribution in [2.45, 2.75) is 39.3 Å². The fourth-order valence-electron chi connectivity index (χ4n) is 1.99. The van der Waals surface area contributed by atoms with E-state index >= 15 is 0 Å². The predicted molar refractivity (Wildman–Crippen MR) is 93.3 cm³/mol. The molecule has 0 saturated carbocycles. The van der Waals surface area contributed by atoms with Crippen molar-refractivity contribution in [1.29, 1.82) is 0 Å². The Hall–Kier alpha value is -2.66. The van der Waals surface area contributed by atoms with E-state index in [-0.39, 0.29) is 6.61 Å². The SMILES string of the molecule is CC(C)(C)OC(=O)C(OCc1ccccc1)Oc1ccc(C=O)cc1. The van der Waals surface area contributed by atoms with Gasteiger partial charge in [0.15, 0.2) is 0 Å². The first-order chi connectivity index (χ1) is 11.9. The number of hydrogen-bond donors (Lipinski definition) is 0. The molecule has 0 N–H and O–H groups in total. The number of hydrogen-bond acceptors (Lipinski definition) is 5. The van der Waals surface area contributed by atoms with E-state index in [1.165, 1.54) is 0 Å². The highest BCUT2D eigenvalue weighted by Gasteiger charge is 2.28. The molecule has 5 nitrogen and oxygen atoms in total. The van der Waals surface area contributed by atoms with E-state index < -0.39 is 17.9 Å². The summed E-state index contributed by atoms with van der Waals surface area (Å²) < 4.78 is 16.6. The number of rotatable bonds is 7. The molecule has 0 aliphatic rings. The fraction of sp³-hybridized carbons (Fsp3) is 0.300. The molecule has 1 atom stereocenters. The summed E-state index contributed by atoms with van der Waals surface area (Å²) in [7, 11) is 0. The van der Waals surface area contributed by atoms with E-state index in [0.29, 0.717) is 11.3 Å². The molecule has 0 amide bonds. The Morgan fingerprint density at radius 3 is 2.24 bits per heavy atom. The summed E-state index contributed by atoms with van der Waals surface area (Å²) in [6, 6.07) is 15.9. The summed E-state index contributed by atoms with van der Waals surface area (Å²) in [6.45, 7) is 5.53. The zero-order valence-corrected chi connectivity index (χ0v) is 14.6. The molecule has 5 heteroatoms. The Kier molecular flexibility index (Phi) is 6.31. The molecule has 1 unspecified atom stereocenters. The van der Waals surface area contributed by atoms with Crippen molar-refractivity contribution >= 4 is 12.3 Å². The molecule has 0 saturated heterocycles. The molecule has 0 heterocycles. The van der Waals surface area contributed by atoms with Gasteiger partial charge in [0, 0.05) is 5.56 Å². The van der Waals surface area contributed by atoms with Crippen LogP contribution in [0.3, 0.4) is 0 Å². The van der Waals surface area contributed by atoms with Crippen molar-refractivity contribution in [2.75, 3.05) is 0 Å². The average molecular weight is 342 g/mol. The fourth-order valence-corrected chi connectivity index (χ4v) is 1.99. The smallest absolute Gasteiger partial charge is 0.376 e. The van der Waals surface area contributed by atoms with Crippen LogP contribution in [0.4, 0.5) is 0 Å². The number of esters is 1. The molecule has 0 aromatic heterocycles. The molecule has 0 aliphatic heterocycles. The van der Waals surface area contributed by atoms with Gasteiger partial charge in [-0.25, -0.2) is 4.79 Å². The molecule has 0 aliphatic carbocycles. The van der Waals surface area contributed by atoms with Gasteiger partial charge in [0.2, 0.25) is 0 Å². The molecule has 0 radical (unpaired) electrons. The second-order valence-corrected chi connectivity index (χ2v) is 6.47. The third-order valence-electron chi connectivity index (χ3n) is 3.10. The first-order valence-electron chi connectivity index (χ1n) is 7.98. The highest BCUT2D eigenvalue weighted by Crippen LogP contribution is 2.17. The summed E-state index contributed by atoms with van der Waals surface area (Å²) in [4.78, 5) is 23.1. The van der Waals surface area contributed by atoms with E-state index in [1.807, 2.05) is 30.3 Å². The maximum absolute atomic E-state index is 12.4. The van der Waals surface area contributed by atoms with Crippen LogP contribution in [0.15, 0.2) is 54.6 Å². The van der Waals surface area contributed by atoms with Gasteiger partial charge in [0.25, 0.3) is 6.29 Å². The first-order valence-corrected chi connectivity index (χ1v) is 7.98. The number of carbonyl (C=O) groups excluding carboxylic acids is 2. The Bertz CT molecular complexity index is 686. The first kappa shape index (κ1) is 18.7.